The largest absolute Gasteiger partial charge is 0.465 e. The van der Waals surface area contributed by atoms with Crippen molar-refractivity contribution in [3.63, 3.8) is 0 Å². The first-order chi connectivity index (χ1) is 12.0. The lowest BCUT2D eigenvalue weighted by Crippen LogP contribution is -2.62. The van der Waals surface area contributed by atoms with Crippen LogP contribution in [0.5, 0.6) is 0 Å². The van der Waals surface area contributed by atoms with E-state index in [1.807, 2.05) is 0 Å². The smallest absolute Gasteiger partial charge is 0.405 e. The molecular weight excluding hydrogens is 342 g/mol. The van der Waals surface area contributed by atoms with Gasteiger partial charge in [-0.05, 0) is 17.5 Å². The Morgan fingerprint density at radius 2 is 1.54 bits per heavy atom. The number of nitrogens with zero attached hydrogens (tertiary/aromatic N) is 1. The summed E-state index contributed by atoms with van der Waals surface area (Å²) in [5.74, 6) is -1.06. The lowest BCUT2D eigenvalue weighted by Gasteiger charge is -2.41. The number of carbonyl (C=O) groups is 4. The standard InChI is InChI=1S/C17H21N3O6/c1-17(2,3)12(11(19-16(25)26)8-18-15(23)24)20-13(21)9-6-4-5-7-10(9)14(20)22/h4-7,11-12,18-19H,8H2,1-3H3,(H,23,24)(H,25,26). The van der Waals surface area contributed by atoms with Crippen molar-refractivity contribution in [1.29, 1.82) is 0 Å². The van der Waals surface area contributed by atoms with Crippen LogP contribution in [0.2, 0.25) is 0 Å². The van der Waals surface area contributed by atoms with Gasteiger partial charge in [0.25, 0.3) is 11.8 Å². The van der Waals surface area contributed by atoms with Crippen molar-refractivity contribution in [2.24, 2.45) is 5.41 Å². The third kappa shape index (κ3) is 3.76. The van der Waals surface area contributed by atoms with Gasteiger partial charge in [0.05, 0.1) is 23.2 Å². The minimum absolute atomic E-state index is 0.243. The fourth-order valence-electron chi connectivity index (χ4n) is 3.23. The van der Waals surface area contributed by atoms with Gasteiger partial charge in [-0.25, -0.2) is 9.59 Å². The van der Waals surface area contributed by atoms with Gasteiger partial charge >= 0.3 is 12.2 Å². The molecular formula is C17H21N3O6. The second-order valence-electron chi connectivity index (χ2n) is 7.08. The zero-order chi connectivity index (χ0) is 19.6. The van der Waals surface area contributed by atoms with E-state index < -0.39 is 41.5 Å². The topological polar surface area (TPSA) is 136 Å². The third-order valence-corrected chi connectivity index (χ3v) is 4.15. The summed E-state index contributed by atoms with van der Waals surface area (Å²) >= 11 is 0. The normalized spacial score (nSPS) is 16.0. The monoisotopic (exact) mass is 363 g/mol. The average molecular weight is 363 g/mol. The molecule has 140 valence electrons. The predicted octanol–water partition coefficient (Wildman–Crippen LogP) is 1.60. The number of rotatable bonds is 5. The quantitative estimate of drug-likeness (QED) is 0.587. The lowest BCUT2D eigenvalue weighted by atomic mass is 9.80. The summed E-state index contributed by atoms with van der Waals surface area (Å²) in [6.07, 6.45) is -2.72. The molecule has 0 radical (unpaired) electrons. The van der Waals surface area contributed by atoms with Crippen LogP contribution in [0.15, 0.2) is 24.3 Å². The molecule has 4 N–H and O–H groups in total. The van der Waals surface area contributed by atoms with Gasteiger partial charge in [0, 0.05) is 6.54 Å². The van der Waals surface area contributed by atoms with Crippen molar-refractivity contribution in [3.8, 4) is 0 Å². The summed E-state index contributed by atoms with van der Waals surface area (Å²) in [5.41, 5.74) is -0.236. The van der Waals surface area contributed by atoms with E-state index in [-0.39, 0.29) is 17.7 Å². The molecule has 0 spiro atoms. The van der Waals surface area contributed by atoms with Crippen molar-refractivity contribution in [2.45, 2.75) is 32.9 Å². The van der Waals surface area contributed by atoms with Gasteiger partial charge in [-0.2, -0.15) is 0 Å². The van der Waals surface area contributed by atoms with Crippen LogP contribution in [0.1, 0.15) is 41.5 Å². The molecule has 2 atom stereocenters. The first kappa shape index (κ1) is 19.2. The molecule has 2 rings (SSSR count). The third-order valence-electron chi connectivity index (χ3n) is 4.15. The highest BCUT2D eigenvalue weighted by Gasteiger charge is 2.47. The highest BCUT2D eigenvalue weighted by atomic mass is 16.4. The van der Waals surface area contributed by atoms with Crippen molar-refractivity contribution >= 4 is 24.0 Å². The van der Waals surface area contributed by atoms with Crippen LogP contribution in [0.25, 0.3) is 0 Å². The number of carbonyl (C=O) groups excluding carboxylic acids is 2. The molecule has 0 bridgehead atoms. The molecule has 2 unspecified atom stereocenters. The molecule has 1 aliphatic rings. The summed E-state index contributed by atoms with van der Waals surface area (Å²) in [5, 5.41) is 22.3. The zero-order valence-electron chi connectivity index (χ0n) is 14.6. The van der Waals surface area contributed by atoms with E-state index >= 15 is 0 Å². The molecule has 9 heteroatoms. The fraction of sp³-hybridized carbons (Fsp3) is 0.412. The predicted molar refractivity (Wildman–Crippen MR) is 91.2 cm³/mol. The van der Waals surface area contributed by atoms with E-state index in [0.717, 1.165) is 4.90 Å². The summed E-state index contributed by atoms with van der Waals surface area (Å²) in [7, 11) is 0. The maximum Gasteiger partial charge on any atom is 0.405 e. The van der Waals surface area contributed by atoms with Gasteiger partial charge in [0.15, 0.2) is 0 Å². The van der Waals surface area contributed by atoms with Gasteiger partial charge in [-0.3, -0.25) is 14.5 Å². The molecule has 0 saturated carbocycles. The van der Waals surface area contributed by atoms with Gasteiger partial charge in [0.2, 0.25) is 0 Å². The maximum atomic E-state index is 12.8. The van der Waals surface area contributed by atoms with Gasteiger partial charge in [0.1, 0.15) is 0 Å². The Hall–Kier alpha value is -3.10. The zero-order valence-corrected chi connectivity index (χ0v) is 14.6. The van der Waals surface area contributed by atoms with Crippen LogP contribution in [0.3, 0.4) is 0 Å². The van der Waals surface area contributed by atoms with Gasteiger partial charge in [-0.1, -0.05) is 32.9 Å². The second-order valence-corrected chi connectivity index (χ2v) is 7.08. The summed E-state index contributed by atoms with van der Waals surface area (Å²) in [6, 6.07) is 4.41. The molecule has 0 saturated heterocycles. The van der Waals surface area contributed by atoms with Crippen molar-refractivity contribution in [1.82, 2.24) is 15.5 Å². The first-order valence-electron chi connectivity index (χ1n) is 7.97. The van der Waals surface area contributed by atoms with E-state index in [4.69, 9.17) is 10.2 Å². The van der Waals surface area contributed by atoms with Crippen LogP contribution in [0.4, 0.5) is 9.59 Å². The average Bonchev–Trinajstić information content (AvgIpc) is 2.76. The van der Waals surface area contributed by atoms with E-state index in [9.17, 15) is 19.2 Å². The number of hydrogen-bond acceptors (Lipinski definition) is 4. The minimum atomic E-state index is -1.38. The molecule has 1 heterocycles. The number of fused-ring (bicyclic) bond motifs is 1. The number of nitrogens with one attached hydrogen (secondary N) is 2. The Kier molecular flexibility index (Phi) is 5.20. The van der Waals surface area contributed by atoms with E-state index in [2.05, 4.69) is 10.6 Å². The number of hydrogen-bond donors (Lipinski definition) is 4. The molecule has 1 aromatic carbocycles. The highest BCUT2D eigenvalue weighted by molar-refractivity contribution is 6.21. The Bertz CT molecular complexity index is 720. The SMILES string of the molecule is CC(C)(C)C(C(CNC(=O)O)NC(=O)O)N1C(=O)c2ccccc2C1=O. The van der Waals surface area contributed by atoms with E-state index in [0.29, 0.717) is 0 Å². The van der Waals surface area contributed by atoms with Crippen LogP contribution in [-0.4, -0.2) is 57.7 Å². The molecule has 1 aromatic rings. The van der Waals surface area contributed by atoms with Crippen LogP contribution in [0, 0.1) is 5.41 Å². The second kappa shape index (κ2) is 7.03. The molecule has 1 aliphatic heterocycles. The molecule has 0 aromatic heterocycles. The molecule has 0 fully saturated rings. The highest BCUT2D eigenvalue weighted by Crippen LogP contribution is 2.34. The number of amides is 4. The van der Waals surface area contributed by atoms with Crippen LogP contribution >= 0.6 is 0 Å². The fourth-order valence-corrected chi connectivity index (χ4v) is 3.23. The number of imide groups is 1. The Balaban J connectivity index is 2.46. The van der Waals surface area contributed by atoms with E-state index in [1.54, 1.807) is 32.9 Å². The van der Waals surface area contributed by atoms with Gasteiger partial charge in [-0.15, -0.1) is 0 Å². The number of carboxylic acid groups (broad SMARTS) is 2. The molecule has 26 heavy (non-hydrogen) atoms. The van der Waals surface area contributed by atoms with Crippen molar-refractivity contribution < 1.29 is 29.4 Å². The molecule has 4 amide bonds. The van der Waals surface area contributed by atoms with Crippen LogP contribution < -0.4 is 10.6 Å². The summed E-state index contributed by atoms with van der Waals surface area (Å²) in [4.78, 5) is 48.7. The molecule has 9 nitrogen and oxygen atoms in total. The van der Waals surface area contributed by atoms with Gasteiger partial charge < -0.3 is 20.8 Å². The van der Waals surface area contributed by atoms with Crippen LogP contribution in [-0.2, 0) is 0 Å². The Labute approximate surface area is 150 Å². The van der Waals surface area contributed by atoms with Crippen molar-refractivity contribution in [2.75, 3.05) is 6.54 Å². The summed E-state index contributed by atoms with van der Waals surface area (Å²) < 4.78 is 0. The number of benzene rings is 1. The van der Waals surface area contributed by atoms with E-state index in [1.165, 1.54) is 12.1 Å². The Morgan fingerprint density at radius 1 is 1.04 bits per heavy atom. The lowest BCUT2D eigenvalue weighted by molar-refractivity contribution is 0.0378. The summed E-state index contributed by atoms with van der Waals surface area (Å²) in [6.45, 7) is 4.95. The Morgan fingerprint density at radius 3 is 1.92 bits per heavy atom. The first-order valence-corrected chi connectivity index (χ1v) is 7.97. The molecule has 0 aliphatic carbocycles. The minimum Gasteiger partial charge on any atom is -0.465 e. The van der Waals surface area contributed by atoms with Crippen molar-refractivity contribution in [3.05, 3.63) is 35.4 Å². The maximum absolute atomic E-state index is 12.8.